The van der Waals surface area contributed by atoms with Crippen LogP contribution in [0.2, 0.25) is 0 Å². The van der Waals surface area contributed by atoms with Crippen LogP contribution in [0.25, 0.3) is 0 Å². The number of aliphatic hydroxyl groups is 3. The molecule has 194 valence electrons. The molecule has 3 saturated heterocycles. The number of rotatable bonds is 5. The van der Waals surface area contributed by atoms with E-state index in [0.29, 0.717) is 23.7 Å². The zero-order valence-electron chi connectivity index (χ0n) is 21.1. The molecule has 3 heterocycles. The summed E-state index contributed by atoms with van der Waals surface area (Å²) in [5.41, 5.74) is -1.60. The predicted molar refractivity (Wildman–Crippen MR) is 133 cm³/mol. The maximum atomic E-state index is 11.7. The Morgan fingerprint density at radius 1 is 0.500 bits per heavy atom. The van der Waals surface area contributed by atoms with Gasteiger partial charge in [-0.15, -0.1) is 0 Å². The van der Waals surface area contributed by atoms with Crippen LogP contribution in [-0.4, -0.2) is 69.9 Å². The molecular formula is C28H49N3O3. The van der Waals surface area contributed by atoms with Crippen molar-refractivity contribution in [1.82, 2.24) is 16.0 Å². The molecule has 6 nitrogen and oxygen atoms in total. The van der Waals surface area contributed by atoms with Crippen molar-refractivity contribution in [3.8, 4) is 0 Å². The maximum absolute atomic E-state index is 11.7. The van der Waals surface area contributed by atoms with Gasteiger partial charge in [-0.1, -0.05) is 19.3 Å². The summed E-state index contributed by atoms with van der Waals surface area (Å²) < 4.78 is 0. The monoisotopic (exact) mass is 475 g/mol. The fourth-order valence-electron chi connectivity index (χ4n) is 9.40. The smallest absolute Gasteiger partial charge is 0.0803 e. The van der Waals surface area contributed by atoms with Crippen LogP contribution in [0, 0.1) is 23.7 Å². The van der Waals surface area contributed by atoms with Crippen molar-refractivity contribution in [2.24, 2.45) is 23.7 Å². The lowest BCUT2D eigenvalue weighted by molar-refractivity contribution is -0.0518. The first kappa shape index (κ1) is 24.1. The fraction of sp³-hybridized carbons (Fsp3) is 1.00. The van der Waals surface area contributed by atoms with Gasteiger partial charge in [-0.05, 0) is 120 Å². The van der Waals surface area contributed by atoms with Crippen LogP contribution >= 0.6 is 0 Å². The van der Waals surface area contributed by atoms with Gasteiger partial charge >= 0.3 is 0 Å². The molecule has 3 aliphatic carbocycles. The second-order valence-electron chi connectivity index (χ2n) is 13.4. The molecule has 0 spiro atoms. The van der Waals surface area contributed by atoms with Crippen molar-refractivity contribution in [1.29, 1.82) is 0 Å². The summed E-state index contributed by atoms with van der Waals surface area (Å²) in [5.74, 6) is 2.32. The molecular weight excluding hydrogens is 426 g/mol. The average molecular weight is 476 g/mol. The molecule has 0 aromatic carbocycles. The van der Waals surface area contributed by atoms with Crippen molar-refractivity contribution in [2.75, 3.05) is 19.6 Å². The van der Waals surface area contributed by atoms with Gasteiger partial charge in [0.25, 0.3) is 0 Å². The lowest BCUT2D eigenvalue weighted by atomic mass is 9.69. The van der Waals surface area contributed by atoms with Gasteiger partial charge in [0, 0.05) is 18.1 Å². The fourth-order valence-corrected chi connectivity index (χ4v) is 9.40. The second kappa shape index (κ2) is 9.25. The number of nitrogens with one attached hydrogen (secondary N) is 3. The van der Waals surface area contributed by atoms with E-state index in [0.717, 1.165) is 103 Å². The highest BCUT2D eigenvalue weighted by Gasteiger charge is 2.52. The normalized spacial score (nSPS) is 51.4. The van der Waals surface area contributed by atoms with Crippen molar-refractivity contribution < 1.29 is 15.3 Å². The van der Waals surface area contributed by atoms with Crippen molar-refractivity contribution in [2.45, 2.75) is 131 Å². The van der Waals surface area contributed by atoms with E-state index in [4.69, 9.17) is 0 Å². The average Bonchev–Trinajstić information content (AvgIpc) is 3.65. The number of hydrogen-bond acceptors (Lipinski definition) is 6. The van der Waals surface area contributed by atoms with E-state index < -0.39 is 16.8 Å². The third-order valence-electron chi connectivity index (χ3n) is 11.5. The van der Waals surface area contributed by atoms with Gasteiger partial charge < -0.3 is 31.3 Å². The molecule has 3 aliphatic heterocycles. The van der Waals surface area contributed by atoms with Crippen LogP contribution in [0.5, 0.6) is 0 Å². The van der Waals surface area contributed by atoms with Gasteiger partial charge in [0.15, 0.2) is 0 Å². The van der Waals surface area contributed by atoms with E-state index in [2.05, 4.69) is 16.0 Å². The summed E-state index contributed by atoms with van der Waals surface area (Å²) in [6.07, 6.45) is 15.9. The molecule has 34 heavy (non-hydrogen) atoms. The van der Waals surface area contributed by atoms with Crippen molar-refractivity contribution in [3.05, 3.63) is 0 Å². The third kappa shape index (κ3) is 4.39. The molecule has 9 atom stereocenters. The summed E-state index contributed by atoms with van der Waals surface area (Å²) in [6.45, 7) is 3.05. The Morgan fingerprint density at radius 2 is 1.09 bits per heavy atom. The largest absolute Gasteiger partial charge is 0.388 e. The highest BCUT2D eigenvalue weighted by atomic mass is 16.3. The topological polar surface area (TPSA) is 96.8 Å². The van der Waals surface area contributed by atoms with Gasteiger partial charge in [0.05, 0.1) is 16.8 Å². The molecule has 0 bridgehead atoms. The Kier molecular flexibility index (Phi) is 6.56. The first-order valence-electron chi connectivity index (χ1n) is 14.7. The zero-order chi connectivity index (χ0) is 23.4. The summed E-state index contributed by atoms with van der Waals surface area (Å²) >= 11 is 0. The summed E-state index contributed by atoms with van der Waals surface area (Å²) in [7, 11) is 0. The van der Waals surface area contributed by atoms with Gasteiger partial charge in [0.1, 0.15) is 0 Å². The summed E-state index contributed by atoms with van der Waals surface area (Å²) in [4.78, 5) is 0. The lowest BCUT2D eigenvalue weighted by Gasteiger charge is -2.43. The standard InChI is InChI=1S/C28H49N3O3/c32-26(8-1-2-9-26)24-13-22(18-30-24)20-7-11-28(34,16-20)25-14-21(17-31-25)19-5-3-10-27(33,15-19)23-6-4-12-29-23/h19-25,29-34H,1-18H2/t19?,20?,21?,22?,23-,24-,25+,27?,28?/m0/s1. The maximum Gasteiger partial charge on any atom is 0.0803 e. The van der Waals surface area contributed by atoms with E-state index in [-0.39, 0.29) is 18.1 Å². The van der Waals surface area contributed by atoms with E-state index >= 15 is 0 Å². The minimum absolute atomic E-state index is 0.200. The Labute approximate surface area is 206 Å². The van der Waals surface area contributed by atoms with Gasteiger partial charge in [-0.3, -0.25) is 0 Å². The molecule has 6 heteroatoms. The Morgan fingerprint density at radius 3 is 1.74 bits per heavy atom. The minimum atomic E-state index is -0.584. The van der Waals surface area contributed by atoms with Crippen LogP contribution in [0.4, 0.5) is 0 Å². The highest BCUT2D eigenvalue weighted by Crippen LogP contribution is 2.49. The first-order chi connectivity index (χ1) is 16.4. The van der Waals surface area contributed by atoms with Crippen molar-refractivity contribution in [3.63, 3.8) is 0 Å². The summed E-state index contributed by atoms with van der Waals surface area (Å²) in [5, 5.41) is 45.2. The molecule has 6 aliphatic rings. The highest BCUT2D eigenvalue weighted by molar-refractivity contribution is 5.08. The second-order valence-corrected chi connectivity index (χ2v) is 13.4. The Bertz CT molecular complexity index is 724. The van der Waals surface area contributed by atoms with Crippen LogP contribution in [0.1, 0.15) is 96.3 Å². The molecule has 0 radical (unpaired) electrons. The molecule has 0 aromatic heterocycles. The Balaban J connectivity index is 1.03. The molecule has 0 aromatic rings. The molecule has 6 fully saturated rings. The van der Waals surface area contributed by atoms with Gasteiger partial charge in [-0.25, -0.2) is 0 Å². The Hall–Kier alpha value is -0.240. The van der Waals surface area contributed by atoms with Gasteiger partial charge in [-0.2, -0.15) is 0 Å². The van der Waals surface area contributed by atoms with Crippen molar-refractivity contribution >= 4 is 0 Å². The SMILES string of the molecule is OC1([C@@H]2CC(C3CCC(O)([C@H]4CC(C5CCCC(O)([C@@H]6CCCN6)C5)CN4)C3)CN2)CCCC1. The van der Waals surface area contributed by atoms with Crippen LogP contribution in [0.15, 0.2) is 0 Å². The van der Waals surface area contributed by atoms with E-state index in [1.807, 2.05) is 0 Å². The molecule has 6 rings (SSSR count). The molecule has 3 saturated carbocycles. The lowest BCUT2D eigenvalue weighted by Crippen LogP contribution is -2.51. The first-order valence-corrected chi connectivity index (χ1v) is 14.7. The van der Waals surface area contributed by atoms with Crippen LogP contribution in [-0.2, 0) is 0 Å². The quantitative estimate of drug-likeness (QED) is 0.366. The third-order valence-corrected chi connectivity index (χ3v) is 11.5. The van der Waals surface area contributed by atoms with E-state index in [9.17, 15) is 15.3 Å². The zero-order valence-corrected chi connectivity index (χ0v) is 21.1. The van der Waals surface area contributed by atoms with Gasteiger partial charge in [0.2, 0.25) is 0 Å². The van der Waals surface area contributed by atoms with E-state index in [1.165, 1.54) is 12.8 Å². The summed E-state index contributed by atoms with van der Waals surface area (Å²) in [6, 6.07) is 0.736. The molecule has 6 unspecified atom stereocenters. The minimum Gasteiger partial charge on any atom is -0.388 e. The molecule has 6 N–H and O–H groups in total. The molecule has 0 amide bonds. The van der Waals surface area contributed by atoms with Crippen LogP contribution in [0.3, 0.4) is 0 Å². The number of hydrogen-bond donors (Lipinski definition) is 6. The predicted octanol–water partition coefficient (Wildman–Crippen LogP) is 2.45. The van der Waals surface area contributed by atoms with Crippen LogP contribution < -0.4 is 16.0 Å². The van der Waals surface area contributed by atoms with E-state index in [1.54, 1.807) is 0 Å².